The second-order valence-corrected chi connectivity index (χ2v) is 16.1. The van der Waals surface area contributed by atoms with Gasteiger partial charge in [0.25, 0.3) is 0 Å². The number of ketones is 1. The van der Waals surface area contributed by atoms with Crippen LogP contribution in [0.15, 0.2) is 101 Å². The number of furan rings is 1. The summed E-state index contributed by atoms with van der Waals surface area (Å²) < 4.78 is 6.38. The van der Waals surface area contributed by atoms with Crippen LogP contribution in [0.1, 0.15) is 114 Å². The molecule has 6 nitrogen and oxygen atoms in total. The monoisotopic (exact) mass is 978 g/mol. The summed E-state index contributed by atoms with van der Waals surface area (Å²) in [6.07, 6.45) is 13.1. The molecule has 1 radical (unpaired) electrons. The van der Waals surface area contributed by atoms with E-state index in [4.69, 9.17) is 9.40 Å². The molecule has 0 atom stereocenters. The zero-order chi connectivity index (χ0) is 42.1. The number of allylic oxidation sites excluding steroid dienone is 2. The number of nitrogens with zero attached hydrogens (tertiary/aromatic N) is 3. The Morgan fingerprint density at radius 3 is 2.20 bits per heavy atom. The fraction of sp³-hybridized carbons (Fsp3) is 0.358. The Morgan fingerprint density at radius 1 is 0.800 bits per heavy atom. The SMILES string of the molecule is CCC(CC)C(=O)/C=C(\O)C(CC)CC.Cc1[c-]c(-c2ncc(CCCCc3ccc(-c4[c-]cccc4)nc3)c3cc(C(C)C)ccc23)c2oc3nc(C)ccc3c2c1.[Ir]. The van der Waals surface area contributed by atoms with Gasteiger partial charge < -0.3 is 19.5 Å². The van der Waals surface area contributed by atoms with E-state index in [0.717, 1.165) is 107 Å². The number of fused-ring (bicyclic) bond motifs is 4. The number of pyridine rings is 3. The maximum Gasteiger partial charge on any atom is 0.216 e. The minimum atomic E-state index is 0. The van der Waals surface area contributed by atoms with Crippen molar-refractivity contribution in [3.63, 3.8) is 0 Å². The largest absolute Gasteiger partial charge is 0.512 e. The van der Waals surface area contributed by atoms with Gasteiger partial charge in [0.2, 0.25) is 5.71 Å². The number of hydrogen-bond donors (Lipinski definition) is 1. The molecule has 0 unspecified atom stereocenters. The van der Waals surface area contributed by atoms with Crippen molar-refractivity contribution in [1.82, 2.24) is 15.0 Å². The van der Waals surface area contributed by atoms with Crippen LogP contribution in [0.5, 0.6) is 0 Å². The third-order valence-electron chi connectivity index (χ3n) is 11.6. The standard InChI is InChI=1S/C40H35N3O.C13H24O2.Ir/c1-25(2)30-16-18-32-34(22-30)31(13-9-8-10-28-15-19-37(41-23-28)29-11-6-5-7-12-29)24-42-38(32)36-21-26(3)20-35-33-17-14-27(4)43-40(33)44-39(35)36;1-5-10(6-2)12(14)9-13(15)11(7-3)8-4;/h5-7,11,14-20,22-25H,8-10,13H2,1-4H3;9-11,14H,5-8H2,1-4H3;/q-2;;/b;12-9-;. The molecule has 60 heavy (non-hydrogen) atoms. The number of carbonyl (C=O) groups excluding carboxylic acids is 1. The van der Waals surface area contributed by atoms with Crippen molar-refractivity contribution in [2.45, 2.75) is 113 Å². The Hall–Kier alpha value is -4.97. The summed E-state index contributed by atoms with van der Waals surface area (Å²) in [6.45, 7) is 16.6. The van der Waals surface area contributed by atoms with E-state index in [-0.39, 0.29) is 43.5 Å². The fourth-order valence-electron chi connectivity index (χ4n) is 7.87. The van der Waals surface area contributed by atoms with Gasteiger partial charge >= 0.3 is 0 Å². The molecule has 0 fully saturated rings. The van der Waals surface area contributed by atoms with Gasteiger partial charge in [-0.25, -0.2) is 4.98 Å². The Labute approximate surface area is 370 Å². The van der Waals surface area contributed by atoms with Crippen LogP contribution in [0, 0.1) is 37.8 Å². The number of unbranched alkanes of at least 4 members (excludes halogenated alkanes) is 1. The number of aliphatic hydroxyl groups excluding tert-OH is 1. The number of hydrogen-bond acceptors (Lipinski definition) is 6. The topological polar surface area (TPSA) is 89.1 Å². The molecule has 1 N–H and O–H groups in total. The Bertz CT molecular complexity index is 2530. The van der Waals surface area contributed by atoms with Crippen LogP contribution in [0.2, 0.25) is 0 Å². The molecule has 7 rings (SSSR count). The first-order valence-corrected chi connectivity index (χ1v) is 21.6. The molecule has 0 amide bonds. The van der Waals surface area contributed by atoms with Crippen LogP contribution in [0.4, 0.5) is 0 Å². The number of aryl methyl sites for hydroxylation is 4. The van der Waals surface area contributed by atoms with Gasteiger partial charge in [-0.15, -0.1) is 53.6 Å². The first kappa shape index (κ1) is 46.1. The van der Waals surface area contributed by atoms with Gasteiger partial charge in [0.15, 0.2) is 5.78 Å². The average Bonchev–Trinajstić information content (AvgIpc) is 3.60. The molecule has 0 aliphatic carbocycles. The molecule has 3 aromatic carbocycles. The minimum absolute atomic E-state index is 0. The summed E-state index contributed by atoms with van der Waals surface area (Å²) in [4.78, 5) is 26.1. The molecule has 0 saturated carbocycles. The van der Waals surface area contributed by atoms with E-state index < -0.39 is 0 Å². The predicted molar refractivity (Wildman–Crippen MR) is 244 cm³/mol. The van der Waals surface area contributed by atoms with Gasteiger partial charge in [-0.05, 0) is 115 Å². The second-order valence-electron chi connectivity index (χ2n) is 16.1. The molecule has 0 aliphatic rings. The molecule has 0 aliphatic heterocycles. The number of rotatable bonds is 15. The minimum Gasteiger partial charge on any atom is -0.512 e. The van der Waals surface area contributed by atoms with Gasteiger partial charge in [-0.3, -0.25) is 4.79 Å². The number of aromatic nitrogens is 3. The van der Waals surface area contributed by atoms with E-state index in [2.05, 4.69) is 91.5 Å². The first-order chi connectivity index (χ1) is 28.5. The van der Waals surface area contributed by atoms with Gasteiger partial charge in [-0.1, -0.05) is 89.7 Å². The molecule has 7 heteroatoms. The normalized spacial score (nSPS) is 11.8. The Morgan fingerprint density at radius 2 is 1.53 bits per heavy atom. The van der Waals surface area contributed by atoms with Crippen molar-refractivity contribution >= 4 is 38.6 Å². The smallest absolute Gasteiger partial charge is 0.216 e. The van der Waals surface area contributed by atoms with Gasteiger partial charge in [0, 0.05) is 61.5 Å². The van der Waals surface area contributed by atoms with Crippen molar-refractivity contribution in [2.75, 3.05) is 0 Å². The maximum absolute atomic E-state index is 11.7. The van der Waals surface area contributed by atoms with Crippen molar-refractivity contribution < 1.29 is 34.4 Å². The Kier molecular flexibility index (Phi) is 16.5. The molecular formula is C53H59IrN3O3-2. The molecule has 4 heterocycles. The number of aliphatic hydroxyl groups is 1. The molecule has 315 valence electrons. The van der Waals surface area contributed by atoms with E-state index >= 15 is 0 Å². The summed E-state index contributed by atoms with van der Waals surface area (Å²) in [5, 5.41) is 14.2. The zero-order valence-corrected chi connectivity index (χ0v) is 38.9. The molecular weight excluding hydrogens is 919 g/mol. The van der Waals surface area contributed by atoms with Crippen LogP contribution in [-0.2, 0) is 37.7 Å². The van der Waals surface area contributed by atoms with E-state index in [1.54, 1.807) is 0 Å². The molecule has 7 aromatic rings. The molecule has 4 aromatic heterocycles. The fourth-order valence-corrected chi connectivity index (χ4v) is 7.87. The summed E-state index contributed by atoms with van der Waals surface area (Å²) in [5.74, 6) is 0.987. The second kappa shape index (κ2) is 21.5. The van der Waals surface area contributed by atoms with Crippen molar-refractivity contribution in [3.8, 4) is 22.5 Å². The number of benzene rings is 3. The number of carbonyl (C=O) groups is 1. The zero-order valence-electron chi connectivity index (χ0n) is 36.5. The van der Waals surface area contributed by atoms with Crippen molar-refractivity contribution in [2.24, 2.45) is 11.8 Å². The Balaban J connectivity index is 0.000000367. The van der Waals surface area contributed by atoms with Crippen LogP contribution in [0.3, 0.4) is 0 Å². The van der Waals surface area contributed by atoms with E-state index in [0.29, 0.717) is 11.6 Å². The predicted octanol–water partition coefficient (Wildman–Crippen LogP) is 14.0. The van der Waals surface area contributed by atoms with Gasteiger partial charge in [0.05, 0.1) is 11.3 Å². The third-order valence-corrected chi connectivity index (χ3v) is 11.6. The quantitative estimate of drug-likeness (QED) is 0.0476. The van der Waals surface area contributed by atoms with Crippen LogP contribution in [-0.4, -0.2) is 25.8 Å². The summed E-state index contributed by atoms with van der Waals surface area (Å²) in [7, 11) is 0. The van der Waals surface area contributed by atoms with Crippen LogP contribution < -0.4 is 0 Å². The van der Waals surface area contributed by atoms with Crippen molar-refractivity contribution in [1.29, 1.82) is 0 Å². The summed E-state index contributed by atoms with van der Waals surface area (Å²) >= 11 is 0. The summed E-state index contributed by atoms with van der Waals surface area (Å²) in [5.41, 5.74) is 11.1. The van der Waals surface area contributed by atoms with E-state index in [9.17, 15) is 9.90 Å². The van der Waals surface area contributed by atoms with Crippen LogP contribution >= 0.6 is 0 Å². The summed E-state index contributed by atoms with van der Waals surface area (Å²) in [6, 6.07) is 32.2. The maximum atomic E-state index is 11.7. The van der Waals surface area contributed by atoms with E-state index in [1.807, 2.05) is 71.1 Å². The van der Waals surface area contributed by atoms with Crippen molar-refractivity contribution in [3.05, 3.63) is 137 Å². The first-order valence-electron chi connectivity index (χ1n) is 21.6. The van der Waals surface area contributed by atoms with Crippen LogP contribution in [0.25, 0.3) is 55.4 Å². The third kappa shape index (κ3) is 10.8. The molecule has 0 spiro atoms. The average molecular weight is 978 g/mol. The molecule has 0 bridgehead atoms. The molecule has 0 saturated heterocycles. The van der Waals surface area contributed by atoms with Gasteiger partial charge in [-0.2, -0.15) is 0 Å². The van der Waals surface area contributed by atoms with Gasteiger partial charge in [0.1, 0.15) is 0 Å². The van der Waals surface area contributed by atoms with E-state index in [1.165, 1.54) is 28.2 Å².